The summed E-state index contributed by atoms with van der Waals surface area (Å²) in [6.45, 7) is 5.09. The smallest absolute Gasteiger partial charge is 0.220 e. The van der Waals surface area contributed by atoms with Crippen molar-refractivity contribution in [3.05, 3.63) is 59.0 Å². The number of amides is 1. The number of benzene rings is 1. The first kappa shape index (κ1) is 18.9. The topological polar surface area (TPSA) is 45.5 Å². The minimum atomic E-state index is 0.244. The molecular formula is C25H32N2O2. The first-order valence-corrected chi connectivity index (χ1v) is 11.3. The Balaban J connectivity index is 1.26. The van der Waals surface area contributed by atoms with E-state index in [9.17, 15) is 4.79 Å². The second-order valence-electron chi connectivity index (χ2n) is 9.46. The van der Waals surface area contributed by atoms with Gasteiger partial charge >= 0.3 is 0 Å². The standard InChI is InChI=1S/C25H32N2O2/c1-18-9-10-21(29-18)17-27-13-11-25(12-14-27)16-19(22-7-2-3-8-23(22)25)15-24(28)26-20-5-4-6-20/h2-3,7-10,19-20H,4-6,11-17H2,1H3,(H,26,28). The number of nitrogens with one attached hydrogen (secondary N) is 1. The number of likely N-dealkylation sites (tertiary alicyclic amines) is 1. The average Bonchev–Trinajstić information content (AvgIpc) is 3.23. The highest BCUT2D eigenvalue weighted by atomic mass is 16.3. The molecule has 4 heteroatoms. The summed E-state index contributed by atoms with van der Waals surface area (Å²) >= 11 is 0. The lowest BCUT2D eigenvalue weighted by Gasteiger charge is -2.40. The molecule has 1 N–H and O–H groups in total. The monoisotopic (exact) mass is 392 g/mol. The summed E-state index contributed by atoms with van der Waals surface area (Å²) in [7, 11) is 0. The summed E-state index contributed by atoms with van der Waals surface area (Å²) in [4.78, 5) is 15.1. The molecular weight excluding hydrogens is 360 g/mol. The number of hydrogen-bond donors (Lipinski definition) is 1. The highest BCUT2D eigenvalue weighted by Crippen LogP contribution is 2.52. The zero-order valence-corrected chi connectivity index (χ0v) is 17.5. The molecule has 4 nitrogen and oxygen atoms in total. The molecule has 1 saturated carbocycles. The molecule has 0 bridgehead atoms. The molecule has 1 atom stereocenters. The Morgan fingerprint density at radius 2 is 1.97 bits per heavy atom. The molecule has 2 heterocycles. The molecule has 2 aliphatic carbocycles. The molecule has 2 fully saturated rings. The van der Waals surface area contributed by atoms with Gasteiger partial charge in [0.1, 0.15) is 11.5 Å². The molecule has 0 radical (unpaired) electrons. The predicted octanol–water partition coefficient (Wildman–Crippen LogP) is 4.67. The van der Waals surface area contributed by atoms with Crippen LogP contribution in [0.15, 0.2) is 40.8 Å². The number of piperidine rings is 1. The third kappa shape index (κ3) is 3.75. The van der Waals surface area contributed by atoms with Gasteiger partial charge in [0.25, 0.3) is 0 Å². The van der Waals surface area contributed by atoms with Gasteiger partial charge in [-0.2, -0.15) is 0 Å². The number of hydrogen-bond acceptors (Lipinski definition) is 3. The fourth-order valence-corrected chi connectivity index (χ4v) is 5.68. The van der Waals surface area contributed by atoms with E-state index >= 15 is 0 Å². The van der Waals surface area contributed by atoms with E-state index in [1.807, 2.05) is 13.0 Å². The van der Waals surface area contributed by atoms with Crippen LogP contribution < -0.4 is 5.32 Å². The molecule has 1 aromatic carbocycles. The second kappa shape index (κ2) is 7.64. The molecule has 1 amide bonds. The Hall–Kier alpha value is -2.07. The largest absolute Gasteiger partial charge is 0.465 e. The van der Waals surface area contributed by atoms with Gasteiger partial charge in [-0.15, -0.1) is 0 Å². The van der Waals surface area contributed by atoms with Gasteiger partial charge in [0.15, 0.2) is 0 Å². The Morgan fingerprint density at radius 1 is 1.17 bits per heavy atom. The summed E-state index contributed by atoms with van der Waals surface area (Å²) in [6.07, 6.45) is 7.68. The fourth-order valence-electron chi connectivity index (χ4n) is 5.68. The Bertz CT molecular complexity index is 874. The van der Waals surface area contributed by atoms with Crippen molar-refractivity contribution in [1.29, 1.82) is 0 Å². The average molecular weight is 393 g/mol. The lowest BCUT2D eigenvalue weighted by atomic mass is 9.73. The number of aryl methyl sites for hydroxylation is 1. The molecule has 1 saturated heterocycles. The van der Waals surface area contributed by atoms with Crippen molar-refractivity contribution < 1.29 is 9.21 Å². The summed E-state index contributed by atoms with van der Waals surface area (Å²) < 4.78 is 5.78. The number of fused-ring (bicyclic) bond motifs is 2. The van der Waals surface area contributed by atoms with Crippen molar-refractivity contribution in [2.45, 2.75) is 75.8 Å². The van der Waals surface area contributed by atoms with Gasteiger partial charge in [-0.05, 0) is 93.1 Å². The zero-order valence-electron chi connectivity index (χ0n) is 17.5. The maximum atomic E-state index is 12.6. The molecule has 1 spiro atoms. The van der Waals surface area contributed by atoms with Crippen LogP contribution in [-0.4, -0.2) is 29.9 Å². The number of furan rings is 1. The maximum Gasteiger partial charge on any atom is 0.220 e. The third-order valence-electron chi connectivity index (χ3n) is 7.50. The van der Waals surface area contributed by atoms with Crippen LogP contribution in [-0.2, 0) is 16.8 Å². The molecule has 3 aliphatic rings. The van der Waals surface area contributed by atoms with Crippen LogP contribution in [0.3, 0.4) is 0 Å². The second-order valence-corrected chi connectivity index (χ2v) is 9.46. The number of rotatable bonds is 5. The van der Waals surface area contributed by atoms with E-state index in [-0.39, 0.29) is 11.3 Å². The van der Waals surface area contributed by atoms with E-state index in [4.69, 9.17) is 4.42 Å². The van der Waals surface area contributed by atoms with Crippen LogP contribution in [0.25, 0.3) is 0 Å². The summed E-state index contributed by atoms with van der Waals surface area (Å²) in [6, 6.07) is 13.5. The first-order chi connectivity index (χ1) is 14.1. The molecule has 154 valence electrons. The highest BCUT2D eigenvalue weighted by molar-refractivity contribution is 5.77. The van der Waals surface area contributed by atoms with E-state index in [1.165, 1.54) is 30.4 Å². The fraction of sp³-hybridized carbons (Fsp3) is 0.560. The van der Waals surface area contributed by atoms with E-state index in [0.29, 0.717) is 18.4 Å². The van der Waals surface area contributed by atoms with Gasteiger partial charge in [0, 0.05) is 12.5 Å². The van der Waals surface area contributed by atoms with Crippen LogP contribution in [0.4, 0.5) is 0 Å². The Labute approximate surface area is 173 Å². The van der Waals surface area contributed by atoms with Gasteiger partial charge in [0.2, 0.25) is 5.91 Å². The molecule has 1 unspecified atom stereocenters. The summed E-state index contributed by atoms with van der Waals surface area (Å²) in [5.41, 5.74) is 3.18. The van der Waals surface area contributed by atoms with Crippen molar-refractivity contribution in [3.63, 3.8) is 0 Å². The summed E-state index contributed by atoms with van der Waals surface area (Å²) in [5, 5.41) is 3.24. The lowest BCUT2D eigenvalue weighted by Crippen LogP contribution is -2.41. The van der Waals surface area contributed by atoms with Crippen molar-refractivity contribution >= 4 is 5.91 Å². The van der Waals surface area contributed by atoms with Crippen molar-refractivity contribution in [2.24, 2.45) is 0 Å². The van der Waals surface area contributed by atoms with Crippen molar-refractivity contribution in [2.75, 3.05) is 13.1 Å². The normalized spacial score (nSPS) is 23.7. The van der Waals surface area contributed by atoms with Crippen LogP contribution in [0, 0.1) is 6.92 Å². The Morgan fingerprint density at radius 3 is 2.66 bits per heavy atom. The Kier molecular flexibility index (Phi) is 4.99. The van der Waals surface area contributed by atoms with Crippen LogP contribution in [0.2, 0.25) is 0 Å². The van der Waals surface area contributed by atoms with Crippen molar-refractivity contribution in [1.82, 2.24) is 10.2 Å². The van der Waals surface area contributed by atoms with E-state index in [2.05, 4.69) is 40.5 Å². The molecule has 1 aliphatic heterocycles. The van der Waals surface area contributed by atoms with Crippen LogP contribution in [0.1, 0.15) is 73.5 Å². The van der Waals surface area contributed by atoms with Gasteiger partial charge in [-0.1, -0.05) is 24.3 Å². The van der Waals surface area contributed by atoms with Gasteiger partial charge in [-0.25, -0.2) is 0 Å². The van der Waals surface area contributed by atoms with E-state index < -0.39 is 0 Å². The SMILES string of the molecule is Cc1ccc(CN2CCC3(CC2)CC(CC(=O)NC2CCC2)c2ccccc23)o1. The molecule has 1 aromatic heterocycles. The van der Waals surface area contributed by atoms with E-state index in [0.717, 1.165) is 50.4 Å². The molecule has 2 aromatic rings. The number of carbonyl (C=O) groups is 1. The van der Waals surface area contributed by atoms with E-state index in [1.54, 1.807) is 0 Å². The first-order valence-electron chi connectivity index (χ1n) is 11.3. The summed E-state index contributed by atoms with van der Waals surface area (Å²) in [5.74, 6) is 2.67. The number of nitrogens with zero attached hydrogens (tertiary/aromatic N) is 1. The van der Waals surface area contributed by atoms with Gasteiger partial charge < -0.3 is 9.73 Å². The third-order valence-corrected chi connectivity index (χ3v) is 7.50. The van der Waals surface area contributed by atoms with Crippen LogP contribution >= 0.6 is 0 Å². The van der Waals surface area contributed by atoms with Crippen molar-refractivity contribution in [3.8, 4) is 0 Å². The molecule has 5 rings (SSSR count). The zero-order chi connectivity index (χ0) is 19.8. The minimum Gasteiger partial charge on any atom is -0.465 e. The van der Waals surface area contributed by atoms with Gasteiger partial charge in [-0.3, -0.25) is 9.69 Å². The maximum absolute atomic E-state index is 12.6. The highest BCUT2D eigenvalue weighted by Gasteiger charge is 2.45. The predicted molar refractivity (Wildman–Crippen MR) is 114 cm³/mol. The number of carbonyl (C=O) groups excluding carboxylic acids is 1. The molecule has 29 heavy (non-hydrogen) atoms. The quantitative estimate of drug-likeness (QED) is 0.804. The minimum absolute atomic E-state index is 0.244. The van der Waals surface area contributed by atoms with Gasteiger partial charge in [0.05, 0.1) is 6.54 Å². The lowest BCUT2D eigenvalue weighted by molar-refractivity contribution is -0.122. The van der Waals surface area contributed by atoms with Crippen LogP contribution in [0.5, 0.6) is 0 Å².